The summed E-state index contributed by atoms with van der Waals surface area (Å²) in [5.74, 6) is 0. The first-order chi connectivity index (χ1) is 8.93. The summed E-state index contributed by atoms with van der Waals surface area (Å²) in [4.78, 5) is 7.38. The van der Waals surface area contributed by atoms with Crippen molar-refractivity contribution in [1.82, 2.24) is 19.6 Å². The molecule has 0 saturated heterocycles. The second kappa shape index (κ2) is 3.36. The predicted molar refractivity (Wildman–Crippen MR) is 62.5 cm³/mol. The molecule has 4 aromatic rings. The monoisotopic (exact) mass is 238 g/mol. The van der Waals surface area contributed by atoms with Gasteiger partial charge in [0, 0.05) is 18.3 Å². The molecule has 0 aliphatic rings. The van der Waals surface area contributed by atoms with Crippen LogP contribution in [0.4, 0.5) is 0 Å². The van der Waals surface area contributed by atoms with Gasteiger partial charge in [0.05, 0.1) is 18.5 Å². The molecule has 0 bridgehead atoms. The summed E-state index contributed by atoms with van der Waals surface area (Å²) in [5, 5.41) is 4.23. The minimum absolute atomic E-state index is 0.979. The molecule has 0 unspecified atom stereocenters. The van der Waals surface area contributed by atoms with E-state index in [1.807, 2.05) is 57.0 Å². The van der Waals surface area contributed by atoms with Crippen LogP contribution in [0.1, 0.15) is 0 Å². The Bertz CT molecular complexity index is 844. The van der Waals surface area contributed by atoms with Crippen molar-refractivity contribution in [3.05, 3.63) is 55.5 Å². The average molecular weight is 238 g/mol. The fourth-order valence-electron chi connectivity index (χ4n) is 2.13. The van der Waals surface area contributed by atoms with E-state index in [1.54, 1.807) is 12.4 Å². The van der Waals surface area contributed by atoms with E-state index in [-0.39, 0.29) is 0 Å². The molecular weight excluding hydrogens is 228 g/mol. The molecule has 0 radical (unpaired) electrons. The third-order valence-corrected chi connectivity index (χ3v) is 2.96. The number of hydrogen-bond acceptors (Lipinski definition) is 2. The minimum atomic E-state index is 0.979. The van der Waals surface area contributed by atoms with Gasteiger partial charge < -0.3 is 0 Å². The summed E-state index contributed by atoms with van der Waals surface area (Å²) >= 11 is 0. The molecule has 18 heavy (non-hydrogen) atoms. The third-order valence-electron chi connectivity index (χ3n) is 2.96. The number of H-pyrrole nitrogens is 1. The van der Waals surface area contributed by atoms with Gasteiger partial charge in [-0.3, -0.25) is 4.98 Å². The van der Waals surface area contributed by atoms with Crippen LogP contribution < -0.4 is 9.35 Å². The summed E-state index contributed by atoms with van der Waals surface area (Å²) < 4.78 is 5.83. The van der Waals surface area contributed by atoms with Crippen LogP contribution >= 0.6 is 0 Å². The molecule has 4 aromatic heterocycles. The molecule has 6 heteroatoms. The first-order valence-electron chi connectivity index (χ1n) is 5.61. The Labute approximate surface area is 102 Å². The highest BCUT2D eigenvalue weighted by Gasteiger charge is 2.18. The van der Waals surface area contributed by atoms with E-state index in [0.29, 0.717) is 0 Å². The van der Waals surface area contributed by atoms with Gasteiger partial charge in [-0.2, -0.15) is 0 Å². The van der Waals surface area contributed by atoms with E-state index in [1.165, 1.54) is 0 Å². The van der Waals surface area contributed by atoms with Crippen molar-refractivity contribution in [2.75, 3.05) is 0 Å². The quantitative estimate of drug-likeness (QED) is 0.478. The van der Waals surface area contributed by atoms with Gasteiger partial charge in [0.25, 0.3) is 6.33 Å². The zero-order valence-electron chi connectivity index (χ0n) is 9.43. The smallest absolute Gasteiger partial charge is 0.260 e. The normalized spacial score (nSPS) is 11.3. The van der Waals surface area contributed by atoms with Gasteiger partial charge in [0.1, 0.15) is 12.4 Å². The second-order valence-electron chi connectivity index (χ2n) is 3.98. The summed E-state index contributed by atoms with van der Waals surface area (Å²) in [6.07, 6.45) is 11.2. The zero-order chi connectivity index (χ0) is 11.9. The van der Waals surface area contributed by atoms with Crippen molar-refractivity contribution >= 4 is 16.7 Å². The van der Waals surface area contributed by atoms with Crippen molar-refractivity contribution in [3.8, 4) is 0 Å². The number of nitrogens with zero attached hydrogens (tertiary/aromatic N) is 5. The lowest BCUT2D eigenvalue weighted by Crippen LogP contribution is -2.66. The second-order valence-corrected chi connectivity index (χ2v) is 3.98. The topological polar surface area (TPSA) is 53.7 Å². The van der Waals surface area contributed by atoms with Gasteiger partial charge in [-0.15, -0.1) is 4.52 Å². The Morgan fingerprint density at radius 3 is 3.17 bits per heavy atom. The summed E-state index contributed by atoms with van der Waals surface area (Å²) in [7, 11) is 0. The first-order valence-corrected chi connectivity index (χ1v) is 5.61. The molecule has 0 aliphatic carbocycles. The molecule has 4 heterocycles. The van der Waals surface area contributed by atoms with E-state index >= 15 is 0 Å². The first kappa shape index (κ1) is 9.29. The zero-order valence-corrected chi connectivity index (χ0v) is 9.43. The van der Waals surface area contributed by atoms with Crippen LogP contribution in [0.5, 0.6) is 0 Å². The minimum Gasteiger partial charge on any atom is -0.260 e. The Morgan fingerprint density at radius 2 is 2.17 bits per heavy atom. The van der Waals surface area contributed by atoms with Gasteiger partial charge in [-0.25, -0.2) is 4.98 Å². The highest BCUT2D eigenvalue weighted by molar-refractivity contribution is 5.68. The number of imidazole rings is 1. The molecule has 6 nitrogen and oxygen atoms in total. The predicted octanol–water partition coefficient (Wildman–Crippen LogP) is 0.0970. The standard InChI is InChI=1S/C12H10N6/c1-6-16-12(3-5-15-16)17(7-1)18-9-14-10-2-4-13-8-11(10)18/h1-9,14H/q+2. The van der Waals surface area contributed by atoms with Crippen LogP contribution in [0.3, 0.4) is 0 Å². The molecule has 0 fully saturated rings. The van der Waals surface area contributed by atoms with Crippen LogP contribution in [0, 0.1) is 0 Å². The molecule has 1 N–H and O–H groups in total. The van der Waals surface area contributed by atoms with Crippen LogP contribution in [0.2, 0.25) is 0 Å². The number of rotatable bonds is 1. The highest BCUT2D eigenvalue weighted by Crippen LogP contribution is 2.02. The van der Waals surface area contributed by atoms with E-state index in [9.17, 15) is 0 Å². The van der Waals surface area contributed by atoms with Crippen LogP contribution in [0.25, 0.3) is 16.7 Å². The lowest BCUT2D eigenvalue weighted by atomic mass is 10.4. The van der Waals surface area contributed by atoms with Gasteiger partial charge in [0.2, 0.25) is 5.52 Å². The molecule has 0 saturated carbocycles. The van der Waals surface area contributed by atoms with Gasteiger partial charge in [0.15, 0.2) is 5.52 Å². The maximum Gasteiger partial charge on any atom is 0.349 e. The van der Waals surface area contributed by atoms with E-state index < -0.39 is 0 Å². The SMILES string of the molecule is c1cn2nccc2[n+](-[n+]2c[nH]c3ccncc32)c1. The Morgan fingerprint density at radius 1 is 1.17 bits per heavy atom. The lowest BCUT2D eigenvalue weighted by molar-refractivity contribution is -1.27. The molecule has 0 aromatic carbocycles. The van der Waals surface area contributed by atoms with E-state index in [0.717, 1.165) is 16.7 Å². The summed E-state index contributed by atoms with van der Waals surface area (Å²) in [6, 6.07) is 5.85. The van der Waals surface area contributed by atoms with Crippen LogP contribution in [-0.2, 0) is 0 Å². The Kier molecular flexibility index (Phi) is 1.74. The molecular formula is C12H10N6+2. The third kappa shape index (κ3) is 1.17. The van der Waals surface area contributed by atoms with Crippen molar-refractivity contribution in [1.29, 1.82) is 0 Å². The van der Waals surface area contributed by atoms with Crippen LogP contribution in [0.15, 0.2) is 55.5 Å². The number of pyridine rings is 1. The number of aromatic amines is 1. The van der Waals surface area contributed by atoms with Crippen molar-refractivity contribution in [3.63, 3.8) is 0 Å². The van der Waals surface area contributed by atoms with E-state index in [2.05, 4.69) is 15.1 Å². The van der Waals surface area contributed by atoms with Crippen LogP contribution in [-0.4, -0.2) is 19.6 Å². The van der Waals surface area contributed by atoms with Crippen molar-refractivity contribution in [2.45, 2.75) is 0 Å². The Balaban J connectivity index is 2.10. The van der Waals surface area contributed by atoms with Crippen molar-refractivity contribution in [2.24, 2.45) is 0 Å². The number of fused-ring (bicyclic) bond motifs is 2. The molecule has 0 aliphatic heterocycles. The maximum absolute atomic E-state index is 4.23. The number of nitrogens with one attached hydrogen (secondary N) is 1. The molecule has 0 spiro atoms. The van der Waals surface area contributed by atoms with Gasteiger partial charge >= 0.3 is 5.65 Å². The summed E-state index contributed by atoms with van der Waals surface area (Å²) in [5.41, 5.74) is 3.03. The van der Waals surface area contributed by atoms with Crippen molar-refractivity contribution < 1.29 is 9.35 Å². The largest absolute Gasteiger partial charge is 0.349 e. The Hall–Kier alpha value is -2.76. The number of hydrogen-bond donors (Lipinski definition) is 1. The molecule has 86 valence electrons. The fourth-order valence-corrected chi connectivity index (χ4v) is 2.13. The lowest BCUT2D eigenvalue weighted by Gasteiger charge is -1.94. The fraction of sp³-hybridized carbons (Fsp3) is 0. The molecule has 0 atom stereocenters. The average Bonchev–Trinajstić information content (AvgIpc) is 3.05. The molecule has 4 rings (SSSR count). The highest BCUT2D eigenvalue weighted by atomic mass is 15.5. The number of aromatic nitrogens is 6. The van der Waals surface area contributed by atoms with Gasteiger partial charge in [-0.1, -0.05) is 5.10 Å². The maximum atomic E-state index is 4.23. The molecule has 0 amide bonds. The summed E-state index contributed by atoms with van der Waals surface area (Å²) in [6.45, 7) is 0. The van der Waals surface area contributed by atoms with Gasteiger partial charge in [-0.05, 0) is 9.35 Å². The van der Waals surface area contributed by atoms with E-state index in [4.69, 9.17) is 0 Å².